The quantitative estimate of drug-likeness (QED) is 0.414. The Balaban J connectivity index is 1.62. The molecule has 1 atom stereocenters. The van der Waals surface area contributed by atoms with E-state index in [2.05, 4.69) is 20.9 Å². The summed E-state index contributed by atoms with van der Waals surface area (Å²) in [5, 5.41) is 17.5. The van der Waals surface area contributed by atoms with Crippen LogP contribution in [0.1, 0.15) is 24.5 Å². The number of carboxylic acids is 1. The highest BCUT2D eigenvalue weighted by Gasteiger charge is 2.26. The van der Waals surface area contributed by atoms with Gasteiger partial charge in [0.2, 0.25) is 0 Å². The number of carbonyl (C=O) groups excluding carboxylic acids is 2. The van der Waals surface area contributed by atoms with Crippen LogP contribution in [-0.4, -0.2) is 34.0 Å². The molecule has 0 unspecified atom stereocenters. The Morgan fingerprint density at radius 3 is 2.34 bits per heavy atom. The summed E-state index contributed by atoms with van der Waals surface area (Å²) in [6.45, 7) is 3.37. The van der Waals surface area contributed by atoms with Crippen molar-refractivity contribution in [3.05, 3.63) is 65.6 Å². The molecular formula is C22H21ClN4O5. The first kappa shape index (κ1) is 22.8. The molecule has 9 nitrogen and oxygen atoms in total. The standard InChI is InChI=1S/C22H21ClN4O5/c1-12(2)18(21(29)30)27-19(28)20-24-11-17(32-20)13-6-8-15(9-7-13)25-22(31)26-16-5-3-4-14(23)10-16/h3-12,18H,1-2H3,(H,27,28)(H,29,30)(H2,25,26,31)/t18-/m0/s1. The Morgan fingerprint density at radius 1 is 1.03 bits per heavy atom. The molecule has 0 aliphatic rings. The minimum absolute atomic E-state index is 0.241. The highest BCUT2D eigenvalue weighted by atomic mass is 35.5. The third-order valence-corrected chi connectivity index (χ3v) is 4.66. The third kappa shape index (κ3) is 5.86. The molecule has 32 heavy (non-hydrogen) atoms. The van der Waals surface area contributed by atoms with Crippen LogP contribution in [0.5, 0.6) is 0 Å². The maximum Gasteiger partial charge on any atom is 0.326 e. The predicted molar refractivity (Wildman–Crippen MR) is 120 cm³/mol. The van der Waals surface area contributed by atoms with Gasteiger partial charge in [-0.1, -0.05) is 31.5 Å². The molecule has 2 aromatic carbocycles. The number of amides is 3. The summed E-state index contributed by atoms with van der Waals surface area (Å²) >= 11 is 5.90. The molecule has 1 aromatic heterocycles. The second kappa shape index (κ2) is 9.97. The SMILES string of the molecule is CC(C)[C@H](NC(=O)c1ncc(-c2ccc(NC(=O)Nc3cccc(Cl)c3)cc2)o1)C(=O)O. The van der Waals surface area contributed by atoms with Crippen molar-refractivity contribution in [1.82, 2.24) is 10.3 Å². The van der Waals surface area contributed by atoms with Gasteiger partial charge in [0.15, 0.2) is 5.76 Å². The lowest BCUT2D eigenvalue weighted by Crippen LogP contribution is -2.44. The molecule has 0 radical (unpaired) electrons. The average molecular weight is 457 g/mol. The van der Waals surface area contributed by atoms with E-state index < -0.39 is 23.9 Å². The summed E-state index contributed by atoms with van der Waals surface area (Å²) in [5.74, 6) is -2.07. The van der Waals surface area contributed by atoms with E-state index in [1.54, 1.807) is 62.4 Å². The zero-order chi connectivity index (χ0) is 23.3. The van der Waals surface area contributed by atoms with Crippen molar-refractivity contribution < 1.29 is 23.9 Å². The van der Waals surface area contributed by atoms with Crippen LogP contribution in [-0.2, 0) is 4.79 Å². The molecule has 1 heterocycles. The number of hydrogen-bond acceptors (Lipinski definition) is 5. The number of aromatic nitrogens is 1. The number of hydrogen-bond donors (Lipinski definition) is 4. The van der Waals surface area contributed by atoms with Crippen LogP contribution in [0.15, 0.2) is 59.1 Å². The Kier molecular flexibility index (Phi) is 7.11. The van der Waals surface area contributed by atoms with Crippen LogP contribution >= 0.6 is 11.6 Å². The van der Waals surface area contributed by atoms with E-state index in [1.807, 2.05) is 0 Å². The van der Waals surface area contributed by atoms with E-state index in [-0.39, 0.29) is 11.8 Å². The van der Waals surface area contributed by atoms with Crippen LogP contribution in [0.4, 0.5) is 16.2 Å². The van der Waals surface area contributed by atoms with Crippen molar-refractivity contribution in [2.24, 2.45) is 5.92 Å². The number of carboxylic acid groups (broad SMARTS) is 1. The number of nitrogens with zero attached hydrogens (tertiary/aromatic N) is 1. The number of rotatable bonds is 7. The molecule has 0 saturated carbocycles. The Labute approximate surface area is 188 Å². The van der Waals surface area contributed by atoms with E-state index in [0.717, 1.165) is 0 Å². The molecule has 0 bridgehead atoms. The molecule has 0 saturated heterocycles. The topological polar surface area (TPSA) is 134 Å². The van der Waals surface area contributed by atoms with E-state index >= 15 is 0 Å². The van der Waals surface area contributed by atoms with Crippen molar-refractivity contribution >= 4 is 40.9 Å². The number of aliphatic carboxylic acids is 1. The van der Waals surface area contributed by atoms with E-state index in [1.165, 1.54) is 6.20 Å². The van der Waals surface area contributed by atoms with Crippen LogP contribution < -0.4 is 16.0 Å². The predicted octanol–water partition coefficient (Wildman–Crippen LogP) is 4.48. The number of urea groups is 1. The summed E-state index contributed by atoms with van der Waals surface area (Å²) in [5.41, 5.74) is 1.71. The van der Waals surface area contributed by atoms with Gasteiger partial charge in [0.1, 0.15) is 6.04 Å². The lowest BCUT2D eigenvalue weighted by atomic mass is 10.1. The maximum atomic E-state index is 12.3. The van der Waals surface area contributed by atoms with Gasteiger partial charge in [0.25, 0.3) is 5.89 Å². The molecule has 3 rings (SSSR count). The zero-order valence-electron chi connectivity index (χ0n) is 17.3. The van der Waals surface area contributed by atoms with Gasteiger partial charge in [-0.15, -0.1) is 0 Å². The van der Waals surface area contributed by atoms with Crippen LogP contribution in [0, 0.1) is 5.92 Å². The molecule has 3 aromatic rings. The van der Waals surface area contributed by atoms with E-state index in [9.17, 15) is 19.5 Å². The summed E-state index contributed by atoms with van der Waals surface area (Å²) in [6, 6.07) is 12.0. The third-order valence-electron chi connectivity index (χ3n) is 4.43. The molecule has 0 aliphatic heterocycles. The van der Waals surface area contributed by atoms with Gasteiger partial charge in [-0.2, -0.15) is 0 Å². The Bertz CT molecular complexity index is 1130. The first-order valence-electron chi connectivity index (χ1n) is 9.66. The van der Waals surface area contributed by atoms with Crippen LogP contribution in [0.3, 0.4) is 0 Å². The fourth-order valence-corrected chi connectivity index (χ4v) is 3.00. The smallest absolute Gasteiger partial charge is 0.326 e. The van der Waals surface area contributed by atoms with Gasteiger partial charge >= 0.3 is 17.9 Å². The molecule has 3 amide bonds. The normalized spacial score (nSPS) is 11.6. The number of nitrogens with one attached hydrogen (secondary N) is 3. The van der Waals surface area contributed by atoms with Gasteiger partial charge in [-0.25, -0.2) is 14.6 Å². The lowest BCUT2D eigenvalue weighted by molar-refractivity contribution is -0.140. The minimum Gasteiger partial charge on any atom is -0.480 e. The van der Waals surface area contributed by atoms with Crippen LogP contribution in [0.2, 0.25) is 5.02 Å². The monoisotopic (exact) mass is 456 g/mol. The van der Waals surface area contributed by atoms with Crippen molar-refractivity contribution in [2.45, 2.75) is 19.9 Å². The Hall–Kier alpha value is -3.85. The summed E-state index contributed by atoms with van der Waals surface area (Å²) in [6.07, 6.45) is 1.37. The van der Waals surface area contributed by atoms with Crippen molar-refractivity contribution in [1.29, 1.82) is 0 Å². The molecule has 166 valence electrons. The number of benzene rings is 2. The highest BCUT2D eigenvalue weighted by Crippen LogP contribution is 2.23. The maximum absolute atomic E-state index is 12.3. The van der Waals surface area contributed by atoms with Crippen LogP contribution in [0.25, 0.3) is 11.3 Å². The molecular weight excluding hydrogens is 436 g/mol. The van der Waals surface area contributed by atoms with Gasteiger partial charge in [-0.3, -0.25) is 4.79 Å². The number of oxazole rings is 1. The van der Waals surface area contributed by atoms with Gasteiger partial charge in [0, 0.05) is 22.0 Å². The molecule has 4 N–H and O–H groups in total. The van der Waals surface area contributed by atoms with Crippen molar-refractivity contribution in [3.8, 4) is 11.3 Å². The van der Waals surface area contributed by atoms with E-state index in [4.69, 9.17) is 16.0 Å². The highest BCUT2D eigenvalue weighted by molar-refractivity contribution is 6.30. The second-order valence-corrected chi connectivity index (χ2v) is 7.67. The number of carbonyl (C=O) groups is 3. The number of anilines is 2. The fourth-order valence-electron chi connectivity index (χ4n) is 2.81. The molecule has 10 heteroatoms. The zero-order valence-corrected chi connectivity index (χ0v) is 18.0. The Morgan fingerprint density at radius 2 is 1.72 bits per heavy atom. The molecule has 0 spiro atoms. The van der Waals surface area contributed by atoms with Crippen molar-refractivity contribution in [3.63, 3.8) is 0 Å². The number of halogens is 1. The first-order valence-corrected chi connectivity index (χ1v) is 10.0. The van der Waals surface area contributed by atoms with Crippen molar-refractivity contribution in [2.75, 3.05) is 10.6 Å². The largest absolute Gasteiger partial charge is 0.480 e. The summed E-state index contributed by atoms with van der Waals surface area (Å²) in [7, 11) is 0. The fraction of sp³-hybridized carbons (Fsp3) is 0.182. The second-order valence-electron chi connectivity index (χ2n) is 7.23. The lowest BCUT2D eigenvalue weighted by Gasteiger charge is -2.16. The molecule has 0 aliphatic carbocycles. The van der Waals surface area contributed by atoms with E-state index in [0.29, 0.717) is 27.7 Å². The minimum atomic E-state index is -1.14. The summed E-state index contributed by atoms with van der Waals surface area (Å²) < 4.78 is 5.47. The molecule has 0 fully saturated rings. The van der Waals surface area contributed by atoms with Gasteiger partial charge < -0.3 is 25.5 Å². The van der Waals surface area contributed by atoms with Gasteiger partial charge in [-0.05, 0) is 48.4 Å². The average Bonchev–Trinajstić information content (AvgIpc) is 3.22. The summed E-state index contributed by atoms with van der Waals surface area (Å²) in [4.78, 5) is 39.6. The first-order chi connectivity index (χ1) is 15.2. The van der Waals surface area contributed by atoms with Gasteiger partial charge in [0.05, 0.1) is 6.20 Å².